The van der Waals surface area contributed by atoms with Gasteiger partial charge in [-0.1, -0.05) is 0 Å². The number of nitrogens with zero attached hydrogens (tertiary/aromatic N) is 2. The van der Waals surface area contributed by atoms with Crippen molar-refractivity contribution in [1.29, 1.82) is 0 Å². The number of hydrogen-bond acceptors (Lipinski definition) is 4. The number of halogens is 3. The van der Waals surface area contributed by atoms with Crippen LogP contribution in [0.3, 0.4) is 0 Å². The van der Waals surface area contributed by atoms with E-state index in [9.17, 15) is 13.6 Å². The van der Waals surface area contributed by atoms with Crippen molar-refractivity contribution in [2.45, 2.75) is 31.7 Å². The van der Waals surface area contributed by atoms with E-state index in [-0.39, 0.29) is 29.1 Å². The van der Waals surface area contributed by atoms with E-state index < -0.39 is 17.7 Å². The molecular formula is C16H19ClF2N4O. The van der Waals surface area contributed by atoms with Gasteiger partial charge in [0.15, 0.2) is 0 Å². The third kappa shape index (κ3) is 2.42. The molecule has 5 rings (SSSR count). The van der Waals surface area contributed by atoms with Gasteiger partial charge in [-0.05, 0) is 42.4 Å². The topological polar surface area (TPSA) is 70.7 Å². The summed E-state index contributed by atoms with van der Waals surface area (Å²) in [5.41, 5.74) is 2.91. The Kier molecular flexibility index (Phi) is 4.14. The largest absolute Gasteiger partial charge is 0.272 e. The van der Waals surface area contributed by atoms with Crippen LogP contribution in [0.2, 0.25) is 0 Å². The van der Waals surface area contributed by atoms with Crippen LogP contribution in [0.25, 0.3) is 0 Å². The molecule has 0 aromatic heterocycles. The second-order valence-corrected chi connectivity index (χ2v) is 7.09. The number of hydrazone groups is 1. The molecule has 0 radical (unpaired) electrons. The first-order valence-electron chi connectivity index (χ1n) is 7.73. The maximum absolute atomic E-state index is 13.5. The zero-order valence-corrected chi connectivity index (χ0v) is 13.8. The fraction of sp³-hybridized carbons (Fsp3) is 0.500. The molecule has 4 aliphatic rings. The third-order valence-corrected chi connectivity index (χ3v) is 5.38. The van der Waals surface area contributed by atoms with Crippen LogP contribution in [0, 0.1) is 22.5 Å². The van der Waals surface area contributed by atoms with Crippen LogP contribution < -0.4 is 11.3 Å². The van der Waals surface area contributed by atoms with Gasteiger partial charge in [-0.15, -0.1) is 12.4 Å². The van der Waals surface area contributed by atoms with Gasteiger partial charge in [0.05, 0.1) is 11.5 Å². The Bertz CT molecular complexity index is 671. The quantitative estimate of drug-likeness (QED) is 0.642. The standard InChI is InChI=1S/C16H18F2N4O.ClH/c17-11-3-10(4-12(18)5-11)13-1-2-21-22(13)14(23)16-6-15(7-16,8-16)9-20-19;/h2-5,13,20H,1,6-9,19H2;1H. The first-order valence-corrected chi connectivity index (χ1v) is 7.73. The number of nitrogens with two attached hydrogens (primary N) is 1. The number of nitrogens with one attached hydrogen (secondary N) is 1. The Morgan fingerprint density at radius 1 is 1.29 bits per heavy atom. The molecule has 8 heteroatoms. The summed E-state index contributed by atoms with van der Waals surface area (Å²) in [6, 6.07) is 2.94. The van der Waals surface area contributed by atoms with Gasteiger partial charge in [0.1, 0.15) is 11.6 Å². The van der Waals surface area contributed by atoms with Gasteiger partial charge in [0, 0.05) is 25.2 Å². The average molecular weight is 357 g/mol. The SMILES string of the molecule is Cl.NNCC12CC(C(=O)N3N=CCC3c3cc(F)cc(F)c3)(C1)C2. The summed E-state index contributed by atoms with van der Waals surface area (Å²) < 4.78 is 26.9. The number of hydrazine groups is 1. The number of carbonyl (C=O) groups excluding carboxylic acids is 1. The van der Waals surface area contributed by atoms with E-state index in [1.54, 1.807) is 6.21 Å². The monoisotopic (exact) mass is 356 g/mol. The minimum atomic E-state index is -0.641. The Morgan fingerprint density at radius 3 is 2.50 bits per heavy atom. The highest BCUT2D eigenvalue weighted by Crippen LogP contribution is 2.73. The van der Waals surface area contributed by atoms with Crippen LogP contribution in [0.15, 0.2) is 23.3 Å². The fourth-order valence-corrected chi connectivity index (χ4v) is 4.53. The van der Waals surface area contributed by atoms with Gasteiger partial charge in [-0.3, -0.25) is 16.1 Å². The molecule has 1 unspecified atom stereocenters. The van der Waals surface area contributed by atoms with Crippen molar-refractivity contribution in [2.75, 3.05) is 6.54 Å². The van der Waals surface area contributed by atoms with Gasteiger partial charge in [-0.25, -0.2) is 13.8 Å². The predicted molar refractivity (Wildman–Crippen MR) is 87.2 cm³/mol. The number of rotatable bonds is 4. The van der Waals surface area contributed by atoms with E-state index in [2.05, 4.69) is 10.5 Å². The normalized spacial score (nSPS) is 32.8. The van der Waals surface area contributed by atoms with Gasteiger partial charge in [0.25, 0.3) is 0 Å². The van der Waals surface area contributed by atoms with Crippen molar-refractivity contribution in [3.8, 4) is 0 Å². The second-order valence-electron chi connectivity index (χ2n) is 7.09. The van der Waals surface area contributed by atoms with Crippen molar-refractivity contribution < 1.29 is 13.6 Å². The van der Waals surface area contributed by atoms with Crippen molar-refractivity contribution in [3.63, 3.8) is 0 Å². The number of benzene rings is 1. The molecule has 5 nitrogen and oxygen atoms in total. The first kappa shape index (κ1) is 17.3. The molecule has 1 heterocycles. The molecule has 1 aliphatic heterocycles. The molecule has 1 aromatic carbocycles. The van der Waals surface area contributed by atoms with Crippen molar-refractivity contribution in [1.82, 2.24) is 10.4 Å². The molecule has 3 aliphatic carbocycles. The lowest BCUT2D eigenvalue weighted by molar-refractivity contribution is -0.216. The summed E-state index contributed by atoms with van der Waals surface area (Å²) >= 11 is 0. The lowest BCUT2D eigenvalue weighted by Crippen LogP contribution is -2.70. The van der Waals surface area contributed by atoms with E-state index in [0.717, 1.165) is 25.3 Å². The van der Waals surface area contributed by atoms with Crippen molar-refractivity contribution in [3.05, 3.63) is 35.4 Å². The molecule has 1 aromatic rings. The van der Waals surface area contributed by atoms with Crippen molar-refractivity contribution >= 4 is 24.5 Å². The lowest BCUT2D eigenvalue weighted by Gasteiger charge is -2.69. The van der Waals surface area contributed by atoms with Crippen LogP contribution in [0.5, 0.6) is 0 Å². The minimum Gasteiger partial charge on any atom is -0.272 e. The number of hydrogen-bond donors (Lipinski definition) is 2. The number of amides is 1. The lowest BCUT2D eigenvalue weighted by atomic mass is 9.35. The van der Waals surface area contributed by atoms with Crippen LogP contribution in [-0.4, -0.2) is 23.7 Å². The summed E-state index contributed by atoms with van der Waals surface area (Å²) in [6.45, 7) is 0.712. The van der Waals surface area contributed by atoms with Crippen LogP contribution >= 0.6 is 12.4 Å². The molecule has 24 heavy (non-hydrogen) atoms. The second kappa shape index (κ2) is 5.75. The van der Waals surface area contributed by atoms with E-state index in [1.165, 1.54) is 17.1 Å². The van der Waals surface area contributed by atoms with E-state index in [4.69, 9.17) is 5.84 Å². The van der Waals surface area contributed by atoms with Gasteiger partial charge in [-0.2, -0.15) is 5.10 Å². The summed E-state index contributed by atoms with van der Waals surface area (Å²) in [6.07, 6.45) is 4.52. The average Bonchev–Trinajstić information content (AvgIpc) is 2.88. The van der Waals surface area contributed by atoms with Crippen molar-refractivity contribution in [2.24, 2.45) is 21.8 Å². The van der Waals surface area contributed by atoms with Crippen LogP contribution in [0.1, 0.15) is 37.3 Å². The molecule has 130 valence electrons. The summed E-state index contributed by atoms with van der Waals surface area (Å²) in [7, 11) is 0. The summed E-state index contributed by atoms with van der Waals surface area (Å²) in [4.78, 5) is 12.9. The highest BCUT2D eigenvalue weighted by atomic mass is 35.5. The Balaban J connectivity index is 0.00000169. The van der Waals surface area contributed by atoms with E-state index in [1.807, 2.05) is 0 Å². The van der Waals surface area contributed by atoms with Gasteiger partial charge >= 0.3 is 0 Å². The zero-order chi connectivity index (χ0) is 16.2. The highest BCUT2D eigenvalue weighted by molar-refractivity contribution is 5.88. The molecular weight excluding hydrogens is 338 g/mol. The van der Waals surface area contributed by atoms with E-state index >= 15 is 0 Å². The Labute approximate surface area is 144 Å². The summed E-state index contributed by atoms with van der Waals surface area (Å²) in [5, 5.41) is 5.58. The molecule has 3 saturated carbocycles. The minimum absolute atomic E-state index is 0. The molecule has 0 spiro atoms. The third-order valence-electron chi connectivity index (χ3n) is 5.38. The Morgan fingerprint density at radius 2 is 1.92 bits per heavy atom. The molecule has 1 atom stereocenters. The maximum Gasteiger partial charge on any atom is 0.249 e. The molecule has 3 fully saturated rings. The first-order chi connectivity index (χ1) is 11.0. The zero-order valence-electron chi connectivity index (χ0n) is 13.0. The molecule has 0 saturated heterocycles. The smallest absolute Gasteiger partial charge is 0.249 e. The fourth-order valence-electron chi connectivity index (χ4n) is 4.53. The highest BCUT2D eigenvalue weighted by Gasteiger charge is 2.72. The molecule has 1 amide bonds. The van der Waals surface area contributed by atoms with Gasteiger partial charge in [0.2, 0.25) is 5.91 Å². The van der Waals surface area contributed by atoms with Crippen LogP contribution in [0.4, 0.5) is 8.78 Å². The maximum atomic E-state index is 13.5. The molecule has 2 bridgehead atoms. The van der Waals surface area contributed by atoms with Crippen LogP contribution in [-0.2, 0) is 4.79 Å². The Hall–Kier alpha value is -1.57. The van der Waals surface area contributed by atoms with E-state index in [0.29, 0.717) is 18.5 Å². The molecule has 3 N–H and O–H groups in total. The number of carbonyl (C=O) groups is 1. The predicted octanol–water partition coefficient (Wildman–Crippen LogP) is 2.28. The summed E-state index contributed by atoms with van der Waals surface area (Å²) in [5.74, 6) is 4.05. The van der Waals surface area contributed by atoms with Gasteiger partial charge < -0.3 is 0 Å².